The van der Waals surface area contributed by atoms with Crippen LogP contribution >= 0.6 is 0 Å². The average molecular weight is 319 g/mol. The van der Waals surface area contributed by atoms with Gasteiger partial charge in [-0.25, -0.2) is 4.79 Å². The van der Waals surface area contributed by atoms with Crippen molar-refractivity contribution in [2.24, 2.45) is 0 Å². The Kier molecular flexibility index (Phi) is 8.38. The molecule has 2 atom stereocenters. The van der Waals surface area contributed by atoms with Crippen LogP contribution in [0.3, 0.4) is 0 Å². The molecule has 0 fully saturated rings. The molecule has 128 valence electrons. The van der Waals surface area contributed by atoms with E-state index in [1.54, 1.807) is 0 Å². The molecule has 0 radical (unpaired) electrons. The lowest BCUT2D eigenvalue weighted by molar-refractivity contribution is -0.142. The molecule has 1 amide bonds. The van der Waals surface area contributed by atoms with E-state index in [4.69, 9.17) is 5.11 Å². The lowest BCUT2D eigenvalue weighted by atomic mass is 9.96. The van der Waals surface area contributed by atoms with Crippen molar-refractivity contribution in [2.75, 3.05) is 0 Å². The Morgan fingerprint density at radius 2 is 1.83 bits per heavy atom. The second-order valence-electron chi connectivity index (χ2n) is 6.15. The van der Waals surface area contributed by atoms with Gasteiger partial charge in [-0.15, -0.1) is 0 Å². The Morgan fingerprint density at radius 3 is 2.35 bits per heavy atom. The summed E-state index contributed by atoms with van der Waals surface area (Å²) in [7, 11) is 0. The van der Waals surface area contributed by atoms with Crippen molar-refractivity contribution in [3.8, 4) is 0 Å². The number of nitrogens with one attached hydrogen (secondary N) is 1. The van der Waals surface area contributed by atoms with E-state index >= 15 is 0 Å². The fourth-order valence-corrected chi connectivity index (χ4v) is 2.51. The number of aryl methyl sites for hydroxylation is 1. The van der Waals surface area contributed by atoms with Crippen LogP contribution in [0.1, 0.15) is 69.9 Å². The summed E-state index contributed by atoms with van der Waals surface area (Å²) < 4.78 is 0. The fourth-order valence-electron chi connectivity index (χ4n) is 2.51. The average Bonchev–Trinajstić information content (AvgIpc) is 2.54. The van der Waals surface area contributed by atoms with Crippen LogP contribution in [-0.4, -0.2) is 23.0 Å². The van der Waals surface area contributed by atoms with E-state index in [9.17, 15) is 9.59 Å². The van der Waals surface area contributed by atoms with Gasteiger partial charge in [0.25, 0.3) is 0 Å². The molecule has 0 aromatic heterocycles. The van der Waals surface area contributed by atoms with Crippen LogP contribution in [-0.2, 0) is 16.0 Å². The molecule has 1 aromatic carbocycles. The Bertz CT molecular complexity index is 496. The van der Waals surface area contributed by atoms with Crippen LogP contribution in [0, 0.1) is 0 Å². The van der Waals surface area contributed by atoms with Crippen molar-refractivity contribution >= 4 is 11.9 Å². The second kappa shape index (κ2) is 10.0. The molecule has 4 heteroatoms. The number of carbonyl (C=O) groups excluding carboxylic acids is 1. The molecule has 2 N–H and O–H groups in total. The molecule has 0 heterocycles. The van der Waals surface area contributed by atoms with Gasteiger partial charge >= 0.3 is 5.97 Å². The molecule has 0 bridgehead atoms. The molecular formula is C19H29NO3. The summed E-state index contributed by atoms with van der Waals surface area (Å²) in [6.07, 6.45) is 4.26. The SMILES string of the molecule is CCCC(NC(=O)CCCc1ccc(C(C)CC)cc1)C(=O)O. The normalized spacial score (nSPS) is 13.3. The molecule has 0 saturated heterocycles. The molecule has 23 heavy (non-hydrogen) atoms. The number of carboxylic acids is 1. The van der Waals surface area contributed by atoms with Gasteiger partial charge in [-0.3, -0.25) is 4.79 Å². The number of benzene rings is 1. The minimum Gasteiger partial charge on any atom is -0.480 e. The van der Waals surface area contributed by atoms with E-state index in [2.05, 4.69) is 43.4 Å². The highest BCUT2D eigenvalue weighted by molar-refractivity contribution is 5.83. The van der Waals surface area contributed by atoms with Gasteiger partial charge in [0.2, 0.25) is 5.91 Å². The van der Waals surface area contributed by atoms with Crippen LogP contribution in [0.4, 0.5) is 0 Å². The third kappa shape index (κ3) is 6.85. The Balaban J connectivity index is 2.38. The van der Waals surface area contributed by atoms with E-state index in [1.165, 1.54) is 11.1 Å². The van der Waals surface area contributed by atoms with Crippen molar-refractivity contribution in [2.45, 2.75) is 71.3 Å². The molecular weight excluding hydrogens is 290 g/mol. The highest BCUT2D eigenvalue weighted by Crippen LogP contribution is 2.19. The van der Waals surface area contributed by atoms with Crippen LogP contribution in [0.2, 0.25) is 0 Å². The number of hydrogen-bond donors (Lipinski definition) is 2. The summed E-state index contributed by atoms with van der Waals surface area (Å²) in [5, 5.41) is 11.6. The van der Waals surface area contributed by atoms with Gasteiger partial charge in [0.05, 0.1) is 0 Å². The Labute approximate surface area is 139 Å². The molecule has 1 aromatic rings. The van der Waals surface area contributed by atoms with Gasteiger partial charge in [0, 0.05) is 6.42 Å². The zero-order chi connectivity index (χ0) is 17.2. The molecule has 1 rings (SSSR count). The number of carbonyl (C=O) groups is 2. The largest absolute Gasteiger partial charge is 0.480 e. The van der Waals surface area contributed by atoms with E-state index < -0.39 is 12.0 Å². The van der Waals surface area contributed by atoms with Crippen molar-refractivity contribution in [3.63, 3.8) is 0 Å². The highest BCUT2D eigenvalue weighted by Gasteiger charge is 2.18. The number of amides is 1. The van der Waals surface area contributed by atoms with Gasteiger partial charge in [-0.2, -0.15) is 0 Å². The van der Waals surface area contributed by atoms with E-state index in [0.717, 1.165) is 25.7 Å². The third-order valence-corrected chi connectivity index (χ3v) is 4.24. The Hall–Kier alpha value is -1.84. The van der Waals surface area contributed by atoms with Gasteiger partial charge in [0.1, 0.15) is 6.04 Å². The van der Waals surface area contributed by atoms with E-state index in [1.807, 2.05) is 6.92 Å². The van der Waals surface area contributed by atoms with Crippen molar-refractivity contribution in [1.29, 1.82) is 0 Å². The maximum atomic E-state index is 11.8. The highest BCUT2D eigenvalue weighted by atomic mass is 16.4. The number of rotatable bonds is 10. The summed E-state index contributed by atoms with van der Waals surface area (Å²) in [6.45, 7) is 6.31. The van der Waals surface area contributed by atoms with Crippen LogP contribution in [0.15, 0.2) is 24.3 Å². The summed E-state index contributed by atoms with van der Waals surface area (Å²) in [4.78, 5) is 22.8. The summed E-state index contributed by atoms with van der Waals surface area (Å²) in [5.74, 6) is -0.566. The van der Waals surface area contributed by atoms with E-state index in [0.29, 0.717) is 18.8 Å². The first-order chi connectivity index (χ1) is 11.0. The van der Waals surface area contributed by atoms with Gasteiger partial charge in [0.15, 0.2) is 0 Å². The minimum atomic E-state index is -0.958. The molecule has 0 aliphatic heterocycles. The minimum absolute atomic E-state index is 0.179. The number of carboxylic acid groups (broad SMARTS) is 1. The maximum absolute atomic E-state index is 11.8. The molecule has 0 spiro atoms. The predicted octanol–water partition coefficient (Wildman–Crippen LogP) is 3.89. The summed E-state index contributed by atoms with van der Waals surface area (Å²) >= 11 is 0. The van der Waals surface area contributed by atoms with Gasteiger partial charge in [-0.1, -0.05) is 51.5 Å². The Morgan fingerprint density at radius 1 is 1.17 bits per heavy atom. The lowest BCUT2D eigenvalue weighted by Gasteiger charge is -2.13. The fraction of sp³-hybridized carbons (Fsp3) is 0.579. The molecule has 0 saturated carbocycles. The lowest BCUT2D eigenvalue weighted by Crippen LogP contribution is -2.40. The first kappa shape index (κ1) is 19.2. The van der Waals surface area contributed by atoms with Crippen molar-refractivity contribution in [1.82, 2.24) is 5.32 Å². The molecule has 0 aliphatic carbocycles. The standard InChI is InChI=1S/C19H29NO3/c1-4-7-17(19(22)23)20-18(21)9-6-8-15-10-12-16(13-11-15)14(3)5-2/h10-14,17H,4-9H2,1-3H3,(H,20,21)(H,22,23). The quantitative estimate of drug-likeness (QED) is 0.687. The summed E-state index contributed by atoms with van der Waals surface area (Å²) in [6, 6.07) is 7.80. The number of hydrogen-bond acceptors (Lipinski definition) is 2. The third-order valence-electron chi connectivity index (χ3n) is 4.24. The van der Waals surface area contributed by atoms with Gasteiger partial charge < -0.3 is 10.4 Å². The molecule has 4 nitrogen and oxygen atoms in total. The monoisotopic (exact) mass is 319 g/mol. The number of aliphatic carboxylic acids is 1. The van der Waals surface area contributed by atoms with E-state index in [-0.39, 0.29) is 5.91 Å². The molecule has 2 unspecified atom stereocenters. The zero-order valence-corrected chi connectivity index (χ0v) is 14.5. The van der Waals surface area contributed by atoms with Crippen LogP contribution in [0.5, 0.6) is 0 Å². The van der Waals surface area contributed by atoms with Crippen molar-refractivity contribution in [3.05, 3.63) is 35.4 Å². The zero-order valence-electron chi connectivity index (χ0n) is 14.5. The first-order valence-corrected chi connectivity index (χ1v) is 8.58. The van der Waals surface area contributed by atoms with Crippen molar-refractivity contribution < 1.29 is 14.7 Å². The predicted molar refractivity (Wildman–Crippen MR) is 92.6 cm³/mol. The smallest absolute Gasteiger partial charge is 0.326 e. The van der Waals surface area contributed by atoms with Gasteiger partial charge in [-0.05, 0) is 42.7 Å². The molecule has 0 aliphatic rings. The van der Waals surface area contributed by atoms with Crippen LogP contribution < -0.4 is 5.32 Å². The first-order valence-electron chi connectivity index (χ1n) is 8.58. The van der Waals surface area contributed by atoms with Crippen LogP contribution in [0.25, 0.3) is 0 Å². The maximum Gasteiger partial charge on any atom is 0.326 e. The topological polar surface area (TPSA) is 66.4 Å². The summed E-state index contributed by atoms with van der Waals surface area (Å²) in [5.41, 5.74) is 2.56. The second-order valence-corrected chi connectivity index (χ2v) is 6.15.